The number of nitrogens with zero attached hydrogens (tertiary/aromatic N) is 2. The normalized spacial score (nSPS) is 10.0. The molecule has 1 N–H and O–H groups in total. The van der Waals surface area contributed by atoms with Gasteiger partial charge >= 0.3 is 0 Å². The molecule has 5 nitrogen and oxygen atoms in total. The minimum atomic E-state index is 0.368. The first-order chi connectivity index (χ1) is 10.2. The number of aryl methyl sites for hydroxylation is 1. The maximum Gasteiger partial charge on any atom is 0.149 e. The Balaban J connectivity index is 2.46. The second-order valence-corrected chi connectivity index (χ2v) is 4.52. The fraction of sp³-hybridized carbons (Fsp3) is 0.250. The summed E-state index contributed by atoms with van der Waals surface area (Å²) in [7, 11) is 3.20. The van der Waals surface area contributed by atoms with Crippen LogP contribution in [-0.2, 0) is 11.3 Å². The average molecular weight is 283 g/mol. The predicted octanol–water partition coefficient (Wildman–Crippen LogP) is 3.16. The van der Waals surface area contributed by atoms with Gasteiger partial charge in [-0.1, -0.05) is 12.1 Å². The Kier molecular flexibility index (Phi) is 4.75. The monoisotopic (exact) mass is 283 g/mol. The molecule has 0 fully saturated rings. The van der Waals surface area contributed by atoms with Crippen LogP contribution in [0.5, 0.6) is 5.75 Å². The van der Waals surface area contributed by atoms with Crippen LogP contribution in [0.25, 0.3) is 0 Å². The number of hydrogen-bond donors (Lipinski definition) is 1. The number of pyridine rings is 1. The maximum absolute atomic E-state index is 9.40. The van der Waals surface area contributed by atoms with Crippen LogP contribution in [0.3, 0.4) is 0 Å². The second kappa shape index (κ2) is 6.73. The minimum Gasteiger partial charge on any atom is -0.495 e. The number of nitriles is 1. The molecule has 1 aromatic heterocycles. The first kappa shape index (κ1) is 14.8. The summed E-state index contributed by atoms with van der Waals surface area (Å²) in [4.78, 5) is 4.41. The molecule has 1 aromatic carbocycles. The van der Waals surface area contributed by atoms with Crippen molar-refractivity contribution in [3.8, 4) is 11.8 Å². The van der Waals surface area contributed by atoms with Crippen molar-refractivity contribution in [2.24, 2.45) is 0 Å². The van der Waals surface area contributed by atoms with Gasteiger partial charge in [0.05, 0.1) is 19.4 Å². The lowest BCUT2D eigenvalue weighted by molar-refractivity contribution is 0.184. The summed E-state index contributed by atoms with van der Waals surface area (Å²) in [6.45, 7) is 2.25. The number of aromatic nitrogens is 1. The highest BCUT2D eigenvalue weighted by Crippen LogP contribution is 2.29. The third kappa shape index (κ3) is 3.30. The molecule has 0 atom stereocenters. The molecule has 0 bridgehead atoms. The van der Waals surface area contributed by atoms with E-state index < -0.39 is 0 Å². The molecule has 0 unspecified atom stereocenters. The molecule has 0 radical (unpaired) electrons. The van der Waals surface area contributed by atoms with Gasteiger partial charge in [-0.25, -0.2) is 4.98 Å². The minimum absolute atomic E-state index is 0.368. The molecule has 0 saturated heterocycles. The molecule has 2 rings (SSSR count). The van der Waals surface area contributed by atoms with Crippen LogP contribution >= 0.6 is 0 Å². The number of ether oxygens (including phenoxy) is 2. The number of hydrogen-bond acceptors (Lipinski definition) is 5. The summed E-state index contributed by atoms with van der Waals surface area (Å²) in [5, 5.41) is 12.6. The molecule has 0 spiro atoms. The Morgan fingerprint density at radius 1 is 1.29 bits per heavy atom. The van der Waals surface area contributed by atoms with E-state index in [0.717, 1.165) is 16.9 Å². The van der Waals surface area contributed by atoms with Crippen molar-refractivity contribution in [3.63, 3.8) is 0 Å². The summed E-state index contributed by atoms with van der Waals surface area (Å²) < 4.78 is 10.4. The summed E-state index contributed by atoms with van der Waals surface area (Å²) in [6.07, 6.45) is 0. The molecule has 0 saturated carbocycles. The van der Waals surface area contributed by atoms with E-state index in [1.807, 2.05) is 37.3 Å². The number of benzene rings is 1. The Morgan fingerprint density at radius 2 is 2.05 bits per heavy atom. The lowest BCUT2D eigenvalue weighted by Crippen LogP contribution is -2.04. The van der Waals surface area contributed by atoms with Gasteiger partial charge in [-0.15, -0.1) is 0 Å². The number of rotatable bonds is 5. The van der Waals surface area contributed by atoms with Gasteiger partial charge in [-0.05, 0) is 25.1 Å². The molecule has 0 aliphatic rings. The number of anilines is 2. The van der Waals surface area contributed by atoms with Gasteiger partial charge in [-0.2, -0.15) is 5.26 Å². The van der Waals surface area contributed by atoms with Crippen LogP contribution in [-0.4, -0.2) is 19.2 Å². The highest BCUT2D eigenvalue weighted by atomic mass is 16.5. The van der Waals surface area contributed by atoms with Gasteiger partial charge in [0.1, 0.15) is 23.2 Å². The van der Waals surface area contributed by atoms with Crippen LogP contribution in [0.4, 0.5) is 11.5 Å². The van der Waals surface area contributed by atoms with Crippen molar-refractivity contribution in [1.82, 2.24) is 4.98 Å². The standard InChI is InChI=1S/C16H17N3O2/c1-11-8-12(10-20-2)13(9-17)16(18-11)19-14-6-4-5-7-15(14)21-3/h4-8H,10H2,1-3H3,(H,18,19). The zero-order chi connectivity index (χ0) is 15.2. The van der Waals surface area contributed by atoms with Crippen molar-refractivity contribution in [3.05, 3.63) is 47.2 Å². The molecule has 1 heterocycles. The molecular weight excluding hydrogens is 266 g/mol. The molecule has 0 aliphatic heterocycles. The fourth-order valence-corrected chi connectivity index (χ4v) is 2.10. The lowest BCUT2D eigenvalue weighted by atomic mass is 10.1. The van der Waals surface area contributed by atoms with Crippen LogP contribution in [0.15, 0.2) is 30.3 Å². The van der Waals surface area contributed by atoms with Crippen molar-refractivity contribution >= 4 is 11.5 Å². The van der Waals surface area contributed by atoms with Gasteiger partial charge in [0.2, 0.25) is 0 Å². The van der Waals surface area contributed by atoms with Crippen molar-refractivity contribution in [2.45, 2.75) is 13.5 Å². The first-order valence-electron chi connectivity index (χ1n) is 6.49. The molecule has 108 valence electrons. The molecule has 2 aromatic rings. The predicted molar refractivity (Wildman–Crippen MR) is 80.7 cm³/mol. The highest BCUT2D eigenvalue weighted by Gasteiger charge is 2.13. The van der Waals surface area contributed by atoms with Crippen molar-refractivity contribution < 1.29 is 9.47 Å². The molecule has 21 heavy (non-hydrogen) atoms. The van der Waals surface area contributed by atoms with Gasteiger partial charge in [0.25, 0.3) is 0 Å². The summed E-state index contributed by atoms with van der Waals surface area (Å²) in [5.74, 6) is 1.20. The summed E-state index contributed by atoms with van der Waals surface area (Å²) >= 11 is 0. The zero-order valence-electron chi connectivity index (χ0n) is 12.3. The van der Waals surface area contributed by atoms with Gasteiger partial charge in [0, 0.05) is 18.4 Å². The maximum atomic E-state index is 9.40. The summed E-state index contributed by atoms with van der Waals surface area (Å²) in [6, 6.07) is 11.5. The topological polar surface area (TPSA) is 67.2 Å². The Bertz CT molecular complexity index is 678. The second-order valence-electron chi connectivity index (χ2n) is 4.52. The Labute approximate surface area is 124 Å². The third-order valence-electron chi connectivity index (χ3n) is 3.00. The summed E-state index contributed by atoms with van der Waals surface area (Å²) in [5.41, 5.74) is 2.87. The Morgan fingerprint density at radius 3 is 2.71 bits per heavy atom. The largest absolute Gasteiger partial charge is 0.495 e. The van der Waals surface area contributed by atoms with E-state index in [-0.39, 0.29) is 0 Å². The van der Waals surface area contributed by atoms with E-state index in [1.165, 1.54) is 0 Å². The van der Waals surface area contributed by atoms with Crippen LogP contribution in [0.1, 0.15) is 16.8 Å². The first-order valence-corrected chi connectivity index (χ1v) is 6.49. The smallest absolute Gasteiger partial charge is 0.149 e. The third-order valence-corrected chi connectivity index (χ3v) is 3.00. The SMILES string of the molecule is COCc1cc(C)nc(Nc2ccccc2OC)c1C#N. The van der Waals surface area contributed by atoms with Crippen LogP contribution in [0, 0.1) is 18.3 Å². The van der Waals surface area contributed by atoms with Crippen molar-refractivity contribution in [1.29, 1.82) is 5.26 Å². The molecular formula is C16H17N3O2. The van der Waals surface area contributed by atoms with E-state index >= 15 is 0 Å². The van der Waals surface area contributed by atoms with E-state index in [9.17, 15) is 5.26 Å². The van der Waals surface area contributed by atoms with Crippen LogP contribution in [0.2, 0.25) is 0 Å². The van der Waals surface area contributed by atoms with E-state index in [2.05, 4.69) is 16.4 Å². The van der Waals surface area contributed by atoms with Crippen LogP contribution < -0.4 is 10.1 Å². The Hall–Kier alpha value is -2.58. The highest BCUT2D eigenvalue weighted by molar-refractivity contribution is 5.69. The van der Waals surface area contributed by atoms with Gasteiger partial charge < -0.3 is 14.8 Å². The average Bonchev–Trinajstić information content (AvgIpc) is 2.48. The molecule has 0 aliphatic carbocycles. The quantitative estimate of drug-likeness (QED) is 0.913. The van der Waals surface area contributed by atoms with E-state index in [4.69, 9.17) is 9.47 Å². The van der Waals surface area contributed by atoms with E-state index in [0.29, 0.717) is 23.7 Å². The number of para-hydroxylation sites is 2. The van der Waals surface area contributed by atoms with E-state index in [1.54, 1.807) is 14.2 Å². The van der Waals surface area contributed by atoms with Gasteiger partial charge in [-0.3, -0.25) is 0 Å². The number of nitrogens with one attached hydrogen (secondary N) is 1. The fourth-order valence-electron chi connectivity index (χ4n) is 2.10. The molecule has 5 heteroatoms. The number of methoxy groups -OCH3 is 2. The zero-order valence-corrected chi connectivity index (χ0v) is 12.3. The van der Waals surface area contributed by atoms with Gasteiger partial charge in [0.15, 0.2) is 0 Å². The molecule has 0 amide bonds. The lowest BCUT2D eigenvalue weighted by Gasteiger charge is -2.14. The van der Waals surface area contributed by atoms with Crippen molar-refractivity contribution in [2.75, 3.05) is 19.5 Å².